The van der Waals surface area contributed by atoms with Crippen molar-refractivity contribution in [2.24, 2.45) is 0 Å². The zero-order valence-electron chi connectivity index (χ0n) is 11.8. The molecule has 0 spiro atoms. The second kappa shape index (κ2) is 5.88. The summed E-state index contributed by atoms with van der Waals surface area (Å²) in [7, 11) is 0. The Labute approximate surface area is 114 Å². The Balaban J connectivity index is 2.16. The highest BCUT2D eigenvalue weighted by molar-refractivity contribution is 5.36. The van der Waals surface area contributed by atoms with E-state index in [-0.39, 0.29) is 11.2 Å². The molecule has 0 aliphatic carbocycles. The third-order valence-corrected chi connectivity index (χ3v) is 3.45. The molecule has 0 bridgehead atoms. The molecule has 1 saturated heterocycles. The lowest BCUT2D eigenvalue weighted by molar-refractivity contribution is -0.0598. The molecule has 1 aromatic carbocycles. The fraction of sp³-hybridized carbons (Fsp3) is 0.600. The lowest BCUT2D eigenvalue weighted by atomic mass is 9.78. The van der Waals surface area contributed by atoms with Gasteiger partial charge in [0.25, 0.3) is 0 Å². The van der Waals surface area contributed by atoms with Gasteiger partial charge >= 0.3 is 0 Å². The Bertz CT molecular complexity index is 430. The van der Waals surface area contributed by atoms with Gasteiger partial charge in [-0.1, -0.05) is 19.9 Å². The van der Waals surface area contributed by atoms with Crippen LogP contribution in [0.25, 0.3) is 0 Å². The Hall–Kier alpha value is -1.13. The highest BCUT2D eigenvalue weighted by Gasteiger charge is 2.40. The van der Waals surface area contributed by atoms with E-state index in [2.05, 4.69) is 19.2 Å². The van der Waals surface area contributed by atoms with Crippen molar-refractivity contribution in [1.29, 1.82) is 0 Å². The van der Waals surface area contributed by atoms with E-state index in [0.29, 0.717) is 31.6 Å². The number of hydrogen-bond acceptors (Lipinski definition) is 3. The van der Waals surface area contributed by atoms with Crippen molar-refractivity contribution in [1.82, 2.24) is 5.32 Å². The topological polar surface area (TPSA) is 30.5 Å². The summed E-state index contributed by atoms with van der Waals surface area (Å²) in [6.07, 6.45) is 0. The van der Waals surface area contributed by atoms with E-state index in [1.54, 1.807) is 12.1 Å². The summed E-state index contributed by atoms with van der Waals surface area (Å²) in [4.78, 5) is 0. The molecule has 1 aliphatic heterocycles. The molecule has 1 aromatic rings. The Kier molecular flexibility index (Phi) is 4.42. The smallest absolute Gasteiger partial charge is 0.165 e. The third kappa shape index (κ3) is 3.07. The van der Waals surface area contributed by atoms with Crippen LogP contribution in [0.4, 0.5) is 4.39 Å². The van der Waals surface area contributed by atoms with Crippen molar-refractivity contribution in [3.8, 4) is 5.75 Å². The Morgan fingerprint density at radius 2 is 2.16 bits per heavy atom. The molecule has 106 valence electrons. The molecule has 1 heterocycles. The minimum Gasteiger partial charge on any atom is -0.491 e. The standard InChI is InChI=1S/C15H22FNO2/c1-4-19-14-6-5-12(7-13(14)16)15(9-18-10-15)8-17-11(2)3/h5-7,11,17H,4,8-10H2,1-3H3. The van der Waals surface area contributed by atoms with E-state index < -0.39 is 0 Å². The minimum absolute atomic E-state index is 0.101. The quantitative estimate of drug-likeness (QED) is 0.859. The van der Waals surface area contributed by atoms with Crippen LogP contribution in [0.2, 0.25) is 0 Å². The van der Waals surface area contributed by atoms with Gasteiger partial charge in [-0.15, -0.1) is 0 Å². The van der Waals surface area contributed by atoms with Crippen LogP contribution in [-0.4, -0.2) is 32.4 Å². The van der Waals surface area contributed by atoms with Crippen LogP contribution in [0.5, 0.6) is 5.75 Å². The maximum atomic E-state index is 13.9. The van der Waals surface area contributed by atoms with Crippen molar-refractivity contribution in [3.63, 3.8) is 0 Å². The maximum Gasteiger partial charge on any atom is 0.165 e. The second-order valence-electron chi connectivity index (χ2n) is 5.39. The molecule has 0 unspecified atom stereocenters. The highest BCUT2D eigenvalue weighted by atomic mass is 19.1. The van der Waals surface area contributed by atoms with Crippen LogP contribution in [0, 0.1) is 5.82 Å². The summed E-state index contributed by atoms with van der Waals surface area (Å²) in [5, 5.41) is 3.41. The normalized spacial score (nSPS) is 17.3. The second-order valence-corrected chi connectivity index (χ2v) is 5.39. The summed E-state index contributed by atoms with van der Waals surface area (Å²) in [5.41, 5.74) is 0.878. The van der Waals surface area contributed by atoms with Crippen molar-refractivity contribution in [2.75, 3.05) is 26.4 Å². The van der Waals surface area contributed by atoms with Crippen molar-refractivity contribution < 1.29 is 13.9 Å². The van der Waals surface area contributed by atoms with Gasteiger partial charge in [0.15, 0.2) is 11.6 Å². The molecule has 19 heavy (non-hydrogen) atoms. The molecule has 1 fully saturated rings. The summed E-state index contributed by atoms with van der Waals surface area (Å²) < 4.78 is 24.5. The first-order valence-corrected chi connectivity index (χ1v) is 6.81. The number of halogens is 1. The third-order valence-electron chi connectivity index (χ3n) is 3.45. The molecule has 0 radical (unpaired) electrons. The molecule has 2 rings (SSSR count). The maximum absolute atomic E-state index is 13.9. The highest BCUT2D eigenvalue weighted by Crippen LogP contribution is 2.34. The largest absolute Gasteiger partial charge is 0.491 e. The predicted octanol–water partition coefficient (Wildman–Crippen LogP) is 2.49. The SMILES string of the molecule is CCOc1ccc(C2(CNC(C)C)COC2)cc1F. The van der Waals surface area contributed by atoms with Crippen molar-refractivity contribution in [2.45, 2.75) is 32.2 Å². The molecule has 1 N–H and O–H groups in total. The van der Waals surface area contributed by atoms with Crippen molar-refractivity contribution in [3.05, 3.63) is 29.6 Å². The van der Waals surface area contributed by atoms with E-state index in [1.807, 2.05) is 13.0 Å². The number of ether oxygens (including phenoxy) is 2. The first kappa shape index (κ1) is 14.3. The molecule has 0 amide bonds. The van der Waals surface area contributed by atoms with Gasteiger partial charge in [-0.2, -0.15) is 0 Å². The summed E-state index contributed by atoms with van der Waals surface area (Å²) in [6.45, 7) is 8.61. The molecule has 1 aliphatic rings. The summed E-state index contributed by atoms with van der Waals surface area (Å²) >= 11 is 0. The van der Waals surface area contributed by atoms with E-state index in [4.69, 9.17) is 9.47 Å². The van der Waals surface area contributed by atoms with Gasteiger partial charge in [0.1, 0.15) is 0 Å². The zero-order valence-corrected chi connectivity index (χ0v) is 11.8. The van der Waals surface area contributed by atoms with Crippen LogP contribution < -0.4 is 10.1 Å². The summed E-state index contributed by atoms with van der Waals surface area (Å²) in [5.74, 6) is 0.0219. The molecule has 0 saturated carbocycles. The number of nitrogens with one attached hydrogen (secondary N) is 1. The monoisotopic (exact) mass is 267 g/mol. The van der Waals surface area contributed by atoms with Gasteiger partial charge in [0.05, 0.1) is 25.2 Å². The van der Waals surface area contributed by atoms with Gasteiger partial charge in [-0.3, -0.25) is 0 Å². The molecule has 3 nitrogen and oxygen atoms in total. The first-order valence-electron chi connectivity index (χ1n) is 6.81. The predicted molar refractivity (Wildman–Crippen MR) is 73.2 cm³/mol. The lowest BCUT2D eigenvalue weighted by Gasteiger charge is -2.42. The first-order chi connectivity index (χ1) is 9.07. The Morgan fingerprint density at radius 3 is 2.63 bits per heavy atom. The van der Waals surface area contributed by atoms with E-state index in [0.717, 1.165) is 12.1 Å². The van der Waals surface area contributed by atoms with Crippen LogP contribution in [0.15, 0.2) is 18.2 Å². The minimum atomic E-state index is -0.296. The average molecular weight is 267 g/mol. The van der Waals surface area contributed by atoms with Gasteiger partial charge in [0, 0.05) is 12.6 Å². The van der Waals surface area contributed by atoms with Crippen LogP contribution in [0.3, 0.4) is 0 Å². The number of hydrogen-bond donors (Lipinski definition) is 1. The Morgan fingerprint density at radius 1 is 1.42 bits per heavy atom. The number of rotatable bonds is 6. The molecule has 4 heteroatoms. The van der Waals surface area contributed by atoms with Crippen molar-refractivity contribution >= 4 is 0 Å². The lowest BCUT2D eigenvalue weighted by Crippen LogP contribution is -2.54. The molecular formula is C15H22FNO2. The van der Waals surface area contributed by atoms with E-state index in [9.17, 15) is 4.39 Å². The fourth-order valence-corrected chi connectivity index (χ4v) is 2.22. The average Bonchev–Trinajstić information content (AvgIpc) is 2.31. The van der Waals surface area contributed by atoms with Crippen LogP contribution in [0.1, 0.15) is 26.3 Å². The fourth-order valence-electron chi connectivity index (χ4n) is 2.22. The molecule has 0 aromatic heterocycles. The molecule has 0 atom stereocenters. The number of benzene rings is 1. The van der Waals surface area contributed by atoms with E-state index in [1.165, 1.54) is 0 Å². The summed E-state index contributed by atoms with van der Waals surface area (Å²) in [6, 6.07) is 5.64. The zero-order chi connectivity index (χ0) is 13.9. The van der Waals surface area contributed by atoms with Gasteiger partial charge in [0.2, 0.25) is 0 Å². The van der Waals surface area contributed by atoms with Crippen LogP contribution >= 0.6 is 0 Å². The van der Waals surface area contributed by atoms with Gasteiger partial charge < -0.3 is 14.8 Å². The van der Waals surface area contributed by atoms with Gasteiger partial charge in [-0.05, 0) is 24.6 Å². The molecular weight excluding hydrogens is 245 g/mol. The van der Waals surface area contributed by atoms with Gasteiger partial charge in [-0.25, -0.2) is 4.39 Å². The van der Waals surface area contributed by atoms with E-state index >= 15 is 0 Å². The van der Waals surface area contributed by atoms with Crippen LogP contribution in [-0.2, 0) is 10.2 Å².